The van der Waals surface area contributed by atoms with E-state index in [1.165, 1.54) is 24.3 Å². The number of anilines is 2. The minimum Gasteiger partial charge on any atom is -0.505 e. The third kappa shape index (κ3) is 11.0. The molecule has 0 saturated heterocycles. The van der Waals surface area contributed by atoms with E-state index in [-0.39, 0.29) is 72.8 Å². The Bertz CT molecular complexity index is 2730. The lowest BCUT2D eigenvalue weighted by atomic mass is 10.1. The number of phenolic OH excluding ortho intramolecular Hbond substituents is 1. The van der Waals surface area contributed by atoms with E-state index in [1.54, 1.807) is 0 Å². The number of hydrogen-bond donors (Lipinski definition) is 7. The molecule has 1 aromatic heterocycles. The van der Waals surface area contributed by atoms with E-state index >= 15 is 0 Å². The normalized spacial score (nSPS) is 12.0. The minimum atomic E-state index is -5.04. The number of phenols is 1. The summed E-state index contributed by atoms with van der Waals surface area (Å²) in [5.74, 6) is -1.15. The molecule has 23 nitrogen and oxygen atoms in total. The average Bonchev–Trinajstić information content (AvgIpc) is 3.08. The van der Waals surface area contributed by atoms with Gasteiger partial charge in [-0.1, -0.05) is 17.2 Å². The number of nitrogens with zero attached hydrogens (tertiary/aromatic N) is 5. The van der Waals surface area contributed by atoms with Crippen molar-refractivity contribution < 1.29 is 77.9 Å². The quantitative estimate of drug-likeness (QED) is 0.0153. The first-order chi connectivity index (χ1) is 25.4. The van der Waals surface area contributed by atoms with E-state index in [0.717, 1.165) is 36.0 Å². The van der Waals surface area contributed by atoms with E-state index in [4.69, 9.17) is 21.4 Å². The number of benzene rings is 4. The molecule has 5 rings (SSSR count). The van der Waals surface area contributed by atoms with E-state index in [2.05, 4.69) is 54.3 Å². The summed E-state index contributed by atoms with van der Waals surface area (Å²) in [5, 5.41) is 36.0. The Kier molecular flexibility index (Phi) is 14.0. The zero-order valence-corrected chi connectivity index (χ0v) is 31.6. The van der Waals surface area contributed by atoms with Crippen LogP contribution in [0.25, 0.3) is 21.5 Å². The molecule has 0 atom stereocenters. The average molecular weight is 901 g/mol. The van der Waals surface area contributed by atoms with Crippen molar-refractivity contribution in [3.8, 4) is 17.1 Å². The highest BCUT2D eigenvalue weighted by Crippen LogP contribution is 2.48. The zero-order valence-electron chi connectivity index (χ0n) is 25.9. The van der Waals surface area contributed by atoms with Crippen LogP contribution >= 0.6 is 47.4 Å². The number of halogens is 1. The highest BCUT2D eigenvalue weighted by atomic mass is 35.5. The fraction of sp³-hybridized carbons (Fsp3) is 0. The number of aromatic nitrogens is 3. The van der Waals surface area contributed by atoms with Crippen molar-refractivity contribution in [2.24, 2.45) is 10.2 Å². The molecule has 30 heteroatoms. The van der Waals surface area contributed by atoms with Crippen LogP contribution in [0.1, 0.15) is 0 Å². The number of thioether (sulfide) groups is 1. The van der Waals surface area contributed by atoms with Crippen molar-refractivity contribution in [1.29, 1.82) is 0 Å². The van der Waals surface area contributed by atoms with Gasteiger partial charge in [0, 0.05) is 20.9 Å². The predicted octanol–water partition coefficient (Wildman–Crippen LogP) is 5.12. The van der Waals surface area contributed by atoms with Gasteiger partial charge in [-0.25, -0.2) is 5.26 Å². The molecule has 5 aromatic rings. The van der Waals surface area contributed by atoms with E-state index < -0.39 is 62.8 Å². The Balaban J connectivity index is 0.00000673. The third-order valence-electron chi connectivity index (χ3n) is 6.30. The van der Waals surface area contributed by atoms with E-state index in [1.807, 2.05) is 6.11 Å². The van der Waals surface area contributed by atoms with Crippen molar-refractivity contribution in [2.45, 2.75) is 24.7 Å². The lowest BCUT2D eigenvalue weighted by Gasteiger charge is -2.15. The summed E-state index contributed by atoms with van der Waals surface area (Å²) >= 11 is 6.99. The molecule has 9 N–H and O–H groups in total. The van der Waals surface area contributed by atoms with Gasteiger partial charge < -0.3 is 20.5 Å². The molecule has 0 spiro atoms. The maximum absolute atomic E-state index is 12.6. The van der Waals surface area contributed by atoms with Crippen LogP contribution in [0.2, 0.25) is 5.28 Å². The van der Waals surface area contributed by atoms with Crippen molar-refractivity contribution in [3.05, 3.63) is 53.8 Å². The Morgan fingerprint density at radius 2 is 1.64 bits per heavy atom. The first kappa shape index (κ1) is 43.5. The predicted molar refractivity (Wildman–Crippen MR) is 192 cm³/mol. The number of rotatable bonds is 13. The standard InChI is InChI=1S/C25H15ClN6O16S6.H2O/c26-23-28-24(30-25(29-23)50-35)27-17-10-14(52(36,37)38)8-12-9-18(51-47-46-34)20(21(33)19(12)17)32-31-16-4-1-11-7-13(49-6-5-45-48-54(42,43)44)2-3-15(11)22(16)53(39,40)41;/h1-4,7-10,33-35H,(H,36,37,38)(H,39,40,41)(H,42,43,44)(H,27,28,29,30);1H2. The Labute approximate surface area is 325 Å². The maximum atomic E-state index is 12.6. The zero-order chi connectivity index (χ0) is 39.4. The molecule has 0 aliphatic heterocycles. The molecule has 55 heavy (non-hydrogen) atoms. The molecule has 0 saturated carbocycles. The largest absolute Gasteiger partial charge is 0.505 e. The number of nitrogens with one attached hydrogen (secondary N) is 1. The summed E-state index contributed by atoms with van der Waals surface area (Å²) in [5.41, 5.74) is -1.25. The summed E-state index contributed by atoms with van der Waals surface area (Å²) in [6.07, 6.45) is 1.85. The number of aromatic hydroxyl groups is 1. The van der Waals surface area contributed by atoms with Crippen LogP contribution in [0.15, 0.2) is 83.5 Å². The van der Waals surface area contributed by atoms with Crippen molar-refractivity contribution in [1.82, 2.24) is 15.0 Å². The monoisotopic (exact) mass is 900 g/mol. The molecule has 0 amide bonds. The number of fused-ring (bicyclic) bond motifs is 2. The van der Waals surface area contributed by atoms with Gasteiger partial charge in [0.2, 0.25) is 16.4 Å². The molecule has 0 bridgehead atoms. The molecule has 4 aromatic carbocycles. The van der Waals surface area contributed by atoms with Gasteiger partial charge in [-0.05, 0) is 74.9 Å². The minimum absolute atomic E-state index is 0. The summed E-state index contributed by atoms with van der Waals surface area (Å²) in [6.45, 7) is 0. The molecular weight excluding hydrogens is 884 g/mol. The lowest BCUT2D eigenvalue weighted by Crippen LogP contribution is -2.04. The van der Waals surface area contributed by atoms with Gasteiger partial charge in [0.15, 0.2) is 11.9 Å². The van der Waals surface area contributed by atoms with Crippen molar-refractivity contribution in [3.63, 3.8) is 0 Å². The molecule has 0 aliphatic rings. The fourth-order valence-electron chi connectivity index (χ4n) is 4.41. The summed E-state index contributed by atoms with van der Waals surface area (Å²) in [6, 6.07) is 9.56. The van der Waals surface area contributed by atoms with Crippen molar-refractivity contribution >= 4 is 123 Å². The summed E-state index contributed by atoms with van der Waals surface area (Å²) in [4.78, 5) is 14.1. The van der Waals surface area contributed by atoms with Gasteiger partial charge >= 0.3 is 10.4 Å². The molecular formula is C25H17ClN6O17S6. The van der Waals surface area contributed by atoms with Crippen LogP contribution in [0.3, 0.4) is 0 Å². The van der Waals surface area contributed by atoms with Gasteiger partial charge in [-0.3, -0.25) is 18.5 Å². The second-order valence-electron chi connectivity index (χ2n) is 9.63. The van der Waals surface area contributed by atoms with E-state index in [9.17, 15) is 44.0 Å². The molecule has 1 heterocycles. The second kappa shape index (κ2) is 17.7. The van der Waals surface area contributed by atoms with Gasteiger partial charge in [0.1, 0.15) is 16.3 Å². The SMILES string of the molecule is O.O=S(=O)(O)OOC#CSc1ccc2c(S(=O)(=O)O)c(N=Nc3c(SOOO)cc4cc(S(=O)(=O)O)cc(Nc5nc(Cl)nc(SO)n5)c4c3O)ccc2c1. The molecule has 0 fully saturated rings. The summed E-state index contributed by atoms with van der Waals surface area (Å²) < 4.78 is 117. The smallest absolute Gasteiger partial charge is 0.433 e. The van der Waals surface area contributed by atoms with Crippen LogP contribution in [0.5, 0.6) is 5.75 Å². The molecule has 0 unspecified atom stereocenters. The number of hydrogen-bond acceptors (Lipinski definition) is 22. The van der Waals surface area contributed by atoms with Crippen LogP contribution in [-0.2, 0) is 49.2 Å². The molecule has 0 aliphatic carbocycles. The van der Waals surface area contributed by atoms with Crippen LogP contribution in [0, 0.1) is 11.4 Å². The fourth-order valence-corrected chi connectivity index (χ4v) is 7.39. The first-order valence-electron chi connectivity index (χ1n) is 13.3. The third-order valence-corrected chi connectivity index (χ3v) is 10.1. The van der Waals surface area contributed by atoms with E-state index in [0.29, 0.717) is 4.90 Å². The Morgan fingerprint density at radius 3 is 2.29 bits per heavy atom. The molecule has 292 valence electrons. The van der Waals surface area contributed by atoms with Crippen LogP contribution in [0.4, 0.5) is 23.0 Å². The van der Waals surface area contributed by atoms with Gasteiger partial charge in [0.05, 0.1) is 39.6 Å². The highest BCUT2D eigenvalue weighted by Gasteiger charge is 2.24. The van der Waals surface area contributed by atoms with Crippen molar-refractivity contribution in [2.75, 3.05) is 5.32 Å². The van der Waals surface area contributed by atoms with Gasteiger partial charge in [-0.15, -0.1) is 14.6 Å². The Morgan fingerprint density at radius 1 is 0.891 bits per heavy atom. The number of azo groups is 1. The highest BCUT2D eigenvalue weighted by molar-refractivity contribution is 8.04. The lowest BCUT2D eigenvalue weighted by molar-refractivity contribution is -0.432. The summed E-state index contributed by atoms with van der Waals surface area (Å²) in [7, 11) is -14.8. The Hall–Kier alpha value is -4.20. The maximum Gasteiger partial charge on any atom is 0.433 e. The first-order valence-corrected chi connectivity index (χ1v) is 20.2. The van der Waals surface area contributed by atoms with Crippen LogP contribution in [-0.4, -0.2) is 74.3 Å². The van der Waals surface area contributed by atoms with Gasteiger partial charge in [0.25, 0.3) is 20.2 Å². The second-order valence-corrected chi connectivity index (χ2v) is 15.9. The molecule has 0 radical (unpaired) electrons. The van der Waals surface area contributed by atoms with Crippen LogP contribution < -0.4 is 5.32 Å². The topological polar surface area (TPSA) is 368 Å². The van der Waals surface area contributed by atoms with Gasteiger partial charge in [-0.2, -0.15) is 40.2 Å².